The van der Waals surface area contributed by atoms with Crippen LogP contribution in [0.2, 0.25) is 0 Å². The van der Waals surface area contributed by atoms with Crippen LogP contribution < -0.4 is 5.32 Å². The van der Waals surface area contributed by atoms with E-state index in [9.17, 15) is 9.59 Å². The number of amides is 1. The number of esters is 1. The molecule has 1 aromatic carbocycles. The van der Waals surface area contributed by atoms with Gasteiger partial charge in [-0.3, -0.25) is 4.79 Å². The van der Waals surface area contributed by atoms with Gasteiger partial charge in [0.25, 0.3) is 5.91 Å². The summed E-state index contributed by atoms with van der Waals surface area (Å²) in [6.45, 7) is 2.34. The van der Waals surface area contributed by atoms with Crippen LogP contribution in [0.1, 0.15) is 22.3 Å². The molecule has 84 valence electrons. The zero-order valence-corrected chi connectivity index (χ0v) is 9.03. The molecular weight excluding hydrogens is 206 g/mol. The van der Waals surface area contributed by atoms with Gasteiger partial charge in [-0.15, -0.1) is 0 Å². The van der Waals surface area contributed by atoms with Gasteiger partial charge >= 0.3 is 5.97 Å². The van der Waals surface area contributed by atoms with Crippen molar-refractivity contribution >= 4 is 11.9 Å². The number of aryl methyl sites for hydroxylation is 1. The number of rotatable bonds is 2. The number of hydrogen-bond acceptors (Lipinski definition) is 3. The van der Waals surface area contributed by atoms with Gasteiger partial charge in [-0.2, -0.15) is 0 Å². The van der Waals surface area contributed by atoms with Gasteiger partial charge in [0.05, 0.1) is 6.61 Å². The van der Waals surface area contributed by atoms with Gasteiger partial charge in [-0.25, -0.2) is 4.79 Å². The summed E-state index contributed by atoms with van der Waals surface area (Å²) in [4.78, 5) is 22.9. The summed E-state index contributed by atoms with van der Waals surface area (Å²) in [7, 11) is 0. The first-order chi connectivity index (χ1) is 7.66. The predicted octanol–water partition coefficient (Wildman–Crippen LogP) is 1.04. The summed E-state index contributed by atoms with van der Waals surface area (Å²) in [5, 5.41) is 2.65. The number of hydrogen-bond donors (Lipinski definition) is 1. The van der Waals surface area contributed by atoms with E-state index in [0.717, 1.165) is 5.56 Å². The SMILES string of the molecule is Cc1ccc(C(=O)NC2CCOC2=O)cc1. The summed E-state index contributed by atoms with van der Waals surface area (Å²) in [6.07, 6.45) is 0.552. The average Bonchev–Trinajstić information content (AvgIpc) is 2.65. The lowest BCUT2D eigenvalue weighted by molar-refractivity contribution is -0.139. The Balaban J connectivity index is 2.02. The second kappa shape index (κ2) is 4.35. The molecule has 0 bridgehead atoms. The summed E-state index contributed by atoms with van der Waals surface area (Å²) in [5.74, 6) is -0.579. The topological polar surface area (TPSA) is 55.4 Å². The Labute approximate surface area is 93.6 Å². The summed E-state index contributed by atoms with van der Waals surface area (Å²) < 4.78 is 4.77. The third-order valence-corrected chi connectivity index (χ3v) is 2.55. The van der Waals surface area contributed by atoms with Crippen molar-refractivity contribution in [1.82, 2.24) is 5.32 Å². The van der Waals surface area contributed by atoms with E-state index in [-0.39, 0.29) is 11.9 Å². The van der Waals surface area contributed by atoms with E-state index in [1.165, 1.54) is 0 Å². The van der Waals surface area contributed by atoms with E-state index < -0.39 is 6.04 Å². The highest BCUT2D eigenvalue weighted by Gasteiger charge is 2.28. The first-order valence-electron chi connectivity index (χ1n) is 5.21. The Hall–Kier alpha value is -1.84. The molecule has 16 heavy (non-hydrogen) atoms. The Morgan fingerprint density at radius 2 is 2.06 bits per heavy atom. The molecule has 1 unspecified atom stereocenters. The molecule has 4 heteroatoms. The zero-order valence-electron chi connectivity index (χ0n) is 9.03. The van der Waals surface area contributed by atoms with Crippen molar-refractivity contribution in [3.63, 3.8) is 0 Å². The van der Waals surface area contributed by atoms with Crippen molar-refractivity contribution in [2.75, 3.05) is 6.61 Å². The summed E-state index contributed by atoms with van der Waals surface area (Å²) in [5.41, 5.74) is 1.65. The molecule has 1 aliphatic heterocycles. The monoisotopic (exact) mass is 219 g/mol. The largest absolute Gasteiger partial charge is 0.464 e. The van der Waals surface area contributed by atoms with E-state index in [1.54, 1.807) is 12.1 Å². The lowest BCUT2D eigenvalue weighted by Crippen LogP contribution is -2.37. The number of cyclic esters (lactones) is 1. The maximum absolute atomic E-state index is 11.7. The van der Waals surface area contributed by atoms with Crippen molar-refractivity contribution < 1.29 is 14.3 Å². The third kappa shape index (κ3) is 2.21. The number of benzene rings is 1. The minimum atomic E-state index is -0.492. The number of carbonyl (C=O) groups is 2. The molecule has 0 radical (unpaired) electrons. The summed E-state index contributed by atoms with van der Waals surface area (Å²) in [6, 6.07) is 6.72. The van der Waals surface area contributed by atoms with E-state index in [0.29, 0.717) is 18.6 Å². The average molecular weight is 219 g/mol. The number of nitrogens with one attached hydrogen (secondary N) is 1. The van der Waals surface area contributed by atoms with Gasteiger partial charge in [0.1, 0.15) is 6.04 Å². The minimum Gasteiger partial charge on any atom is -0.464 e. The highest BCUT2D eigenvalue weighted by atomic mass is 16.5. The molecule has 0 saturated carbocycles. The fraction of sp³-hybridized carbons (Fsp3) is 0.333. The molecule has 1 aromatic rings. The van der Waals surface area contributed by atoms with E-state index >= 15 is 0 Å². The van der Waals surface area contributed by atoms with Crippen molar-refractivity contribution in [3.05, 3.63) is 35.4 Å². The molecule has 2 rings (SSSR count). The summed E-state index contributed by atoms with van der Waals surface area (Å²) >= 11 is 0. The van der Waals surface area contributed by atoms with E-state index in [4.69, 9.17) is 4.74 Å². The molecule has 1 fully saturated rings. The van der Waals surface area contributed by atoms with Gasteiger partial charge < -0.3 is 10.1 Å². The maximum atomic E-state index is 11.7. The molecule has 0 aliphatic carbocycles. The molecule has 1 N–H and O–H groups in total. The molecular formula is C12H13NO3. The molecule has 4 nitrogen and oxygen atoms in total. The molecule has 1 atom stereocenters. The Bertz CT molecular complexity index is 411. The van der Waals surface area contributed by atoms with Crippen LogP contribution in [0.25, 0.3) is 0 Å². The normalized spacial score (nSPS) is 19.3. The van der Waals surface area contributed by atoms with Crippen LogP contribution in [0, 0.1) is 6.92 Å². The van der Waals surface area contributed by atoms with Gasteiger partial charge in [0.2, 0.25) is 0 Å². The Morgan fingerprint density at radius 3 is 2.62 bits per heavy atom. The van der Waals surface area contributed by atoms with Crippen LogP contribution >= 0.6 is 0 Å². The van der Waals surface area contributed by atoms with Crippen LogP contribution in [0.15, 0.2) is 24.3 Å². The van der Waals surface area contributed by atoms with Gasteiger partial charge in [-0.05, 0) is 19.1 Å². The van der Waals surface area contributed by atoms with Crippen LogP contribution in [0.3, 0.4) is 0 Å². The van der Waals surface area contributed by atoms with Crippen molar-refractivity contribution in [1.29, 1.82) is 0 Å². The molecule has 1 heterocycles. The third-order valence-electron chi connectivity index (χ3n) is 2.55. The lowest BCUT2D eigenvalue weighted by Gasteiger charge is -2.08. The van der Waals surface area contributed by atoms with Crippen molar-refractivity contribution in [2.24, 2.45) is 0 Å². The molecule has 0 spiro atoms. The predicted molar refractivity (Wildman–Crippen MR) is 58.0 cm³/mol. The minimum absolute atomic E-state index is 0.233. The van der Waals surface area contributed by atoms with E-state index in [2.05, 4.69) is 5.32 Å². The smallest absolute Gasteiger partial charge is 0.328 e. The second-order valence-electron chi connectivity index (χ2n) is 3.85. The number of ether oxygens (including phenoxy) is 1. The Kier molecular flexibility index (Phi) is 2.90. The first-order valence-corrected chi connectivity index (χ1v) is 5.21. The van der Waals surface area contributed by atoms with Crippen LogP contribution in [0.5, 0.6) is 0 Å². The molecule has 1 saturated heterocycles. The van der Waals surface area contributed by atoms with Crippen LogP contribution in [-0.4, -0.2) is 24.5 Å². The van der Waals surface area contributed by atoms with Crippen molar-refractivity contribution in [3.8, 4) is 0 Å². The highest BCUT2D eigenvalue weighted by molar-refractivity contribution is 5.97. The fourth-order valence-electron chi connectivity index (χ4n) is 1.57. The standard InChI is InChI=1S/C12H13NO3/c1-8-2-4-9(5-3-8)11(14)13-10-6-7-16-12(10)15/h2-5,10H,6-7H2,1H3,(H,13,14). The van der Waals surface area contributed by atoms with Crippen molar-refractivity contribution in [2.45, 2.75) is 19.4 Å². The lowest BCUT2D eigenvalue weighted by atomic mass is 10.1. The van der Waals surface area contributed by atoms with Gasteiger partial charge in [-0.1, -0.05) is 17.7 Å². The molecule has 1 amide bonds. The fourth-order valence-corrected chi connectivity index (χ4v) is 1.57. The highest BCUT2D eigenvalue weighted by Crippen LogP contribution is 2.08. The molecule has 1 aliphatic rings. The molecule has 0 aromatic heterocycles. The van der Waals surface area contributed by atoms with Gasteiger partial charge in [0, 0.05) is 12.0 Å². The Morgan fingerprint density at radius 1 is 1.38 bits per heavy atom. The van der Waals surface area contributed by atoms with Crippen LogP contribution in [0.4, 0.5) is 0 Å². The second-order valence-corrected chi connectivity index (χ2v) is 3.85. The maximum Gasteiger partial charge on any atom is 0.328 e. The van der Waals surface area contributed by atoms with Crippen LogP contribution in [-0.2, 0) is 9.53 Å². The zero-order chi connectivity index (χ0) is 11.5. The number of carbonyl (C=O) groups excluding carboxylic acids is 2. The first kappa shape index (κ1) is 10.7. The quantitative estimate of drug-likeness (QED) is 0.756. The van der Waals surface area contributed by atoms with Gasteiger partial charge in [0.15, 0.2) is 0 Å². The van der Waals surface area contributed by atoms with E-state index in [1.807, 2.05) is 19.1 Å².